The van der Waals surface area contributed by atoms with Crippen LogP contribution in [0.4, 0.5) is 0 Å². The predicted octanol–water partition coefficient (Wildman–Crippen LogP) is 1.83. The summed E-state index contributed by atoms with van der Waals surface area (Å²) in [6.07, 6.45) is 4.14. The minimum absolute atomic E-state index is 0.268. The van der Waals surface area contributed by atoms with E-state index in [0.717, 1.165) is 31.2 Å². The highest BCUT2D eigenvalue weighted by molar-refractivity contribution is 5.90. The second kappa shape index (κ2) is 6.19. The maximum absolute atomic E-state index is 11.9. The van der Waals surface area contributed by atoms with Gasteiger partial charge in [-0.05, 0) is 32.2 Å². The van der Waals surface area contributed by atoms with Crippen LogP contribution in [0.15, 0.2) is 6.20 Å². The lowest BCUT2D eigenvalue weighted by atomic mass is 10.00. The third kappa shape index (κ3) is 3.35. The summed E-state index contributed by atoms with van der Waals surface area (Å²) in [5.41, 5.74) is 1.55. The number of likely N-dealkylation sites (tertiary alicyclic amines) is 1. The molecule has 0 aromatic carbocycles. The summed E-state index contributed by atoms with van der Waals surface area (Å²) in [5, 5.41) is 4.19. The first kappa shape index (κ1) is 14.1. The van der Waals surface area contributed by atoms with Gasteiger partial charge >= 0.3 is 5.97 Å². The van der Waals surface area contributed by atoms with Crippen molar-refractivity contribution in [3.05, 3.63) is 17.5 Å². The zero-order chi connectivity index (χ0) is 13.8. The molecule has 1 fully saturated rings. The molecule has 106 valence electrons. The second-order valence-electron chi connectivity index (χ2n) is 5.33. The van der Waals surface area contributed by atoms with Gasteiger partial charge in [0.1, 0.15) is 5.56 Å². The Hall–Kier alpha value is -1.36. The quantitative estimate of drug-likeness (QED) is 0.779. The van der Waals surface area contributed by atoms with E-state index in [1.807, 2.05) is 14.0 Å². The van der Waals surface area contributed by atoms with Crippen molar-refractivity contribution in [1.82, 2.24) is 14.7 Å². The standard InChI is InChI=1S/C14H23N3O2/c1-4-19-14(18)12-8-15-16(3)13(12)10-17-7-5-6-11(2)9-17/h8,11H,4-7,9-10H2,1-3H3/t11-/m1/s1. The maximum Gasteiger partial charge on any atom is 0.341 e. The molecule has 1 aromatic heterocycles. The van der Waals surface area contributed by atoms with E-state index in [1.54, 1.807) is 10.9 Å². The molecule has 2 rings (SSSR count). The molecule has 5 nitrogen and oxygen atoms in total. The number of piperidine rings is 1. The molecule has 1 saturated heterocycles. The number of carbonyl (C=O) groups is 1. The van der Waals surface area contributed by atoms with E-state index >= 15 is 0 Å². The first-order valence-electron chi connectivity index (χ1n) is 7.02. The van der Waals surface area contributed by atoms with Crippen molar-refractivity contribution in [3.8, 4) is 0 Å². The van der Waals surface area contributed by atoms with Crippen LogP contribution in [-0.2, 0) is 18.3 Å². The first-order chi connectivity index (χ1) is 9.11. The highest BCUT2D eigenvalue weighted by Crippen LogP contribution is 2.19. The monoisotopic (exact) mass is 265 g/mol. The average Bonchev–Trinajstić information content (AvgIpc) is 2.72. The number of aromatic nitrogens is 2. The molecule has 5 heteroatoms. The summed E-state index contributed by atoms with van der Waals surface area (Å²) < 4.78 is 6.86. The number of hydrogen-bond donors (Lipinski definition) is 0. The molecule has 0 saturated carbocycles. The Balaban J connectivity index is 2.10. The zero-order valence-corrected chi connectivity index (χ0v) is 12.1. The maximum atomic E-state index is 11.9. The molecule has 1 aliphatic heterocycles. The molecule has 0 radical (unpaired) electrons. The van der Waals surface area contributed by atoms with Crippen molar-refractivity contribution >= 4 is 5.97 Å². The summed E-state index contributed by atoms with van der Waals surface area (Å²) in [6.45, 7) is 7.45. The van der Waals surface area contributed by atoms with Crippen molar-refractivity contribution in [2.75, 3.05) is 19.7 Å². The van der Waals surface area contributed by atoms with Gasteiger partial charge in [0, 0.05) is 20.1 Å². The molecular formula is C14H23N3O2. The molecule has 0 unspecified atom stereocenters. The first-order valence-corrected chi connectivity index (χ1v) is 7.02. The normalized spacial score (nSPS) is 20.5. The summed E-state index contributed by atoms with van der Waals surface area (Å²) in [7, 11) is 1.88. The molecule has 0 N–H and O–H groups in total. The van der Waals surface area contributed by atoms with E-state index in [1.165, 1.54) is 12.8 Å². The number of aryl methyl sites for hydroxylation is 1. The number of esters is 1. The Morgan fingerprint density at radius 1 is 1.58 bits per heavy atom. The lowest BCUT2D eigenvalue weighted by Crippen LogP contribution is -2.34. The van der Waals surface area contributed by atoms with E-state index in [9.17, 15) is 4.79 Å². The van der Waals surface area contributed by atoms with Gasteiger partial charge in [0.25, 0.3) is 0 Å². The van der Waals surface area contributed by atoms with Crippen LogP contribution in [0.1, 0.15) is 42.7 Å². The zero-order valence-electron chi connectivity index (χ0n) is 12.1. The number of ether oxygens (including phenoxy) is 1. The number of nitrogens with zero attached hydrogens (tertiary/aromatic N) is 3. The molecule has 1 aromatic rings. The fourth-order valence-electron chi connectivity index (χ4n) is 2.67. The van der Waals surface area contributed by atoms with Gasteiger partial charge in [-0.25, -0.2) is 4.79 Å². The molecule has 2 heterocycles. The van der Waals surface area contributed by atoms with Crippen LogP contribution < -0.4 is 0 Å². The molecular weight excluding hydrogens is 242 g/mol. The van der Waals surface area contributed by atoms with E-state index in [-0.39, 0.29) is 5.97 Å². The van der Waals surface area contributed by atoms with E-state index in [2.05, 4.69) is 16.9 Å². The molecule has 1 aliphatic rings. The van der Waals surface area contributed by atoms with Crippen LogP contribution in [0.2, 0.25) is 0 Å². The molecule has 19 heavy (non-hydrogen) atoms. The average molecular weight is 265 g/mol. The molecule has 1 atom stereocenters. The predicted molar refractivity (Wildman–Crippen MR) is 72.8 cm³/mol. The number of hydrogen-bond acceptors (Lipinski definition) is 4. The summed E-state index contributed by atoms with van der Waals surface area (Å²) in [5.74, 6) is 0.462. The van der Waals surface area contributed by atoms with Gasteiger partial charge in [-0.2, -0.15) is 5.10 Å². The van der Waals surface area contributed by atoms with Gasteiger partial charge in [-0.15, -0.1) is 0 Å². The van der Waals surface area contributed by atoms with Gasteiger partial charge in [-0.1, -0.05) is 6.92 Å². The molecule has 0 aliphatic carbocycles. The SMILES string of the molecule is CCOC(=O)c1cnn(C)c1CN1CCC[C@@H](C)C1. The highest BCUT2D eigenvalue weighted by Gasteiger charge is 2.22. The third-order valence-corrected chi connectivity index (χ3v) is 3.67. The van der Waals surface area contributed by atoms with Crippen LogP contribution in [0, 0.1) is 5.92 Å². The van der Waals surface area contributed by atoms with Crippen LogP contribution in [0.25, 0.3) is 0 Å². The lowest BCUT2D eigenvalue weighted by molar-refractivity contribution is 0.0523. The Kier molecular flexibility index (Phi) is 4.58. The Bertz CT molecular complexity index is 442. The van der Waals surface area contributed by atoms with Crippen LogP contribution in [0.5, 0.6) is 0 Å². The minimum Gasteiger partial charge on any atom is -0.462 e. The van der Waals surface area contributed by atoms with Crippen LogP contribution in [-0.4, -0.2) is 40.3 Å². The largest absolute Gasteiger partial charge is 0.462 e. The van der Waals surface area contributed by atoms with Crippen molar-refractivity contribution in [2.24, 2.45) is 13.0 Å². The fourth-order valence-corrected chi connectivity index (χ4v) is 2.67. The Morgan fingerprint density at radius 3 is 3.05 bits per heavy atom. The van der Waals surface area contributed by atoms with Gasteiger partial charge in [0.05, 0.1) is 18.5 Å². The minimum atomic E-state index is -0.268. The van der Waals surface area contributed by atoms with Crippen LogP contribution >= 0.6 is 0 Å². The number of rotatable bonds is 4. The summed E-state index contributed by atoms with van der Waals surface area (Å²) in [4.78, 5) is 14.3. The van der Waals surface area contributed by atoms with Crippen molar-refractivity contribution < 1.29 is 9.53 Å². The Labute approximate surface area is 114 Å². The van der Waals surface area contributed by atoms with E-state index < -0.39 is 0 Å². The summed E-state index contributed by atoms with van der Waals surface area (Å²) >= 11 is 0. The number of carbonyl (C=O) groups excluding carboxylic acids is 1. The lowest BCUT2D eigenvalue weighted by Gasteiger charge is -2.30. The molecule has 0 spiro atoms. The Morgan fingerprint density at radius 2 is 2.37 bits per heavy atom. The second-order valence-corrected chi connectivity index (χ2v) is 5.33. The molecule has 0 amide bonds. The van der Waals surface area contributed by atoms with Crippen molar-refractivity contribution in [1.29, 1.82) is 0 Å². The van der Waals surface area contributed by atoms with Crippen LogP contribution in [0.3, 0.4) is 0 Å². The smallest absolute Gasteiger partial charge is 0.341 e. The van der Waals surface area contributed by atoms with Gasteiger partial charge < -0.3 is 4.74 Å². The van der Waals surface area contributed by atoms with Gasteiger partial charge in [0.2, 0.25) is 0 Å². The van der Waals surface area contributed by atoms with Gasteiger partial charge in [0.15, 0.2) is 0 Å². The fraction of sp³-hybridized carbons (Fsp3) is 0.714. The van der Waals surface area contributed by atoms with Crippen molar-refractivity contribution in [3.63, 3.8) is 0 Å². The van der Waals surface area contributed by atoms with E-state index in [0.29, 0.717) is 12.2 Å². The topological polar surface area (TPSA) is 47.4 Å². The molecule has 0 bridgehead atoms. The van der Waals surface area contributed by atoms with E-state index in [4.69, 9.17) is 4.74 Å². The third-order valence-electron chi connectivity index (χ3n) is 3.67. The highest BCUT2D eigenvalue weighted by atomic mass is 16.5. The van der Waals surface area contributed by atoms with Gasteiger partial charge in [-0.3, -0.25) is 9.58 Å². The van der Waals surface area contributed by atoms with Crippen molar-refractivity contribution in [2.45, 2.75) is 33.2 Å². The summed E-state index contributed by atoms with van der Waals surface area (Å²) in [6, 6.07) is 0.